The average molecular weight is 158 g/mol. The van der Waals surface area contributed by atoms with Crippen LogP contribution in [0.4, 0.5) is 0 Å². The first kappa shape index (κ1) is 9.01. The predicted octanol–water partition coefficient (Wildman–Crippen LogP) is 1.58. The summed E-state index contributed by atoms with van der Waals surface area (Å²) < 4.78 is 4.97. The summed E-state index contributed by atoms with van der Waals surface area (Å²) in [6.07, 6.45) is 5.96. The Morgan fingerprint density at radius 2 is 2.18 bits per heavy atom. The zero-order chi connectivity index (χ0) is 8.16. The highest BCUT2D eigenvalue weighted by molar-refractivity contribution is 4.86. The molecule has 2 nitrogen and oxygen atoms in total. The number of hydrogen-bond donors (Lipinski definition) is 1. The molecule has 0 radical (unpaired) electrons. The molecular formula is C9H18O2. The maximum absolute atomic E-state index is 9.10. The van der Waals surface area contributed by atoms with E-state index < -0.39 is 0 Å². The van der Waals surface area contributed by atoms with E-state index in [0.29, 0.717) is 12.0 Å². The summed E-state index contributed by atoms with van der Waals surface area (Å²) in [7, 11) is 1.73. The van der Waals surface area contributed by atoms with Crippen LogP contribution >= 0.6 is 0 Å². The van der Waals surface area contributed by atoms with E-state index in [2.05, 4.69) is 0 Å². The van der Waals surface area contributed by atoms with E-state index in [1.165, 1.54) is 19.3 Å². The molecule has 11 heavy (non-hydrogen) atoms. The minimum Gasteiger partial charge on any atom is -0.396 e. The van der Waals surface area contributed by atoms with Crippen LogP contribution in [0.5, 0.6) is 0 Å². The normalized spacial score (nSPS) is 21.3. The minimum absolute atomic E-state index is 0.290. The lowest BCUT2D eigenvalue weighted by Crippen LogP contribution is -2.33. The molecule has 0 spiro atoms. The molecule has 0 aromatic rings. The molecule has 0 aromatic heterocycles. The number of aliphatic hydroxyl groups excluding tert-OH is 1. The van der Waals surface area contributed by atoms with Crippen LogP contribution in [0, 0.1) is 5.41 Å². The SMILES string of the molecule is COCCCC1(CO)CCC1. The second-order valence-corrected chi connectivity index (χ2v) is 3.61. The fraction of sp³-hybridized carbons (Fsp3) is 1.00. The quantitative estimate of drug-likeness (QED) is 0.615. The molecule has 1 aliphatic rings. The summed E-state index contributed by atoms with van der Waals surface area (Å²) in [6.45, 7) is 1.21. The molecule has 1 aliphatic carbocycles. The Labute approximate surface area is 68.6 Å². The van der Waals surface area contributed by atoms with Gasteiger partial charge < -0.3 is 9.84 Å². The van der Waals surface area contributed by atoms with Gasteiger partial charge in [-0.25, -0.2) is 0 Å². The lowest BCUT2D eigenvalue weighted by atomic mass is 9.67. The van der Waals surface area contributed by atoms with Crippen molar-refractivity contribution in [1.29, 1.82) is 0 Å². The average Bonchev–Trinajstić information content (AvgIpc) is 1.95. The van der Waals surface area contributed by atoms with Gasteiger partial charge >= 0.3 is 0 Å². The summed E-state index contributed by atoms with van der Waals surface area (Å²) in [6, 6.07) is 0. The van der Waals surface area contributed by atoms with Crippen molar-refractivity contribution in [2.24, 2.45) is 5.41 Å². The number of methoxy groups -OCH3 is 1. The molecule has 0 heterocycles. The highest BCUT2D eigenvalue weighted by Crippen LogP contribution is 2.44. The molecule has 0 saturated heterocycles. The van der Waals surface area contributed by atoms with E-state index >= 15 is 0 Å². The van der Waals surface area contributed by atoms with Crippen LogP contribution in [0.3, 0.4) is 0 Å². The zero-order valence-electron chi connectivity index (χ0n) is 7.31. The summed E-state index contributed by atoms with van der Waals surface area (Å²) >= 11 is 0. The Kier molecular flexibility index (Phi) is 3.34. The Morgan fingerprint density at radius 1 is 1.45 bits per heavy atom. The van der Waals surface area contributed by atoms with Crippen LogP contribution in [0.2, 0.25) is 0 Å². The van der Waals surface area contributed by atoms with Crippen LogP contribution in [0.15, 0.2) is 0 Å². The third kappa shape index (κ3) is 2.17. The molecule has 0 aliphatic heterocycles. The van der Waals surface area contributed by atoms with Crippen molar-refractivity contribution in [2.45, 2.75) is 32.1 Å². The third-order valence-corrected chi connectivity index (χ3v) is 2.81. The molecule has 1 rings (SSSR count). The van der Waals surface area contributed by atoms with Crippen LogP contribution in [-0.2, 0) is 4.74 Å². The van der Waals surface area contributed by atoms with Crippen LogP contribution in [0.25, 0.3) is 0 Å². The highest BCUT2D eigenvalue weighted by Gasteiger charge is 2.35. The first-order valence-corrected chi connectivity index (χ1v) is 4.43. The summed E-state index contributed by atoms with van der Waals surface area (Å²) in [5.74, 6) is 0. The van der Waals surface area contributed by atoms with Crippen molar-refractivity contribution >= 4 is 0 Å². The molecule has 0 bridgehead atoms. The fourth-order valence-electron chi connectivity index (χ4n) is 1.76. The molecule has 0 amide bonds. The van der Waals surface area contributed by atoms with Crippen LogP contribution < -0.4 is 0 Å². The molecule has 0 aromatic carbocycles. The van der Waals surface area contributed by atoms with Crippen molar-refractivity contribution in [1.82, 2.24) is 0 Å². The van der Waals surface area contributed by atoms with Gasteiger partial charge in [-0.2, -0.15) is 0 Å². The molecule has 0 atom stereocenters. The van der Waals surface area contributed by atoms with Crippen molar-refractivity contribution in [3.05, 3.63) is 0 Å². The van der Waals surface area contributed by atoms with E-state index in [9.17, 15) is 0 Å². The van der Waals surface area contributed by atoms with Crippen LogP contribution in [-0.4, -0.2) is 25.4 Å². The maximum Gasteiger partial charge on any atom is 0.0487 e. The third-order valence-electron chi connectivity index (χ3n) is 2.81. The smallest absolute Gasteiger partial charge is 0.0487 e. The van der Waals surface area contributed by atoms with E-state index in [1.807, 2.05) is 0 Å². The number of ether oxygens (including phenoxy) is 1. The lowest BCUT2D eigenvalue weighted by molar-refractivity contribution is 0.0273. The van der Waals surface area contributed by atoms with Crippen molar-refractivity contribution in [2.75, 3.05) is 20.3 Å². The zero-order valence-corrected chi connectivity index (χ0v) is 7.31. The van der Waals surface area contributed by atoms with E-state index in [-0.39, 0.29) is 0 Å². The second kappa shape index (κ2) is 4.07. The molecule has 66 valence electrons. The summed E-state index contributed by atoms with van der Waals surface area (Å²) in [4.78, 5) is 0. The Bertz CT molecular complexity index is 103. The fourth-order valence-corrected chi connectivity index (χ4v) is 1.76. The van der Waals surface area contributed by atoms with Gasteiger partial charge in [-0.1, -0.05) is 6.42 Å². The molecule has 1 N–H and O–H groups in total. The first-order chi connectivity index (χ1) is 5.33. The lowest BCUT2D eigenvalue weighted by Gasteiger charge is -2.40. The van der Waals surface area contributed by atoms with Crippen molar-refractivity contribution < 1.29 is 9.84 Å². The van der Waals surface area contributed by atoms with Gasteiger partial charge in [-0.3, -0.25) is 0 Å². The molecular weight excluding hydrogens is 140 g/mol. The van der Waals surface area contributed by atoms with E-state index in [4.69, 9.17) is 9.84 Å². The minimum atomic E-state index is 0.290. The van der Waals surface area contributed by atoms with E-state index in [1.54, 1.807) is 7.11 Å². The largest absolute Gasteiger partial charge is 0.396 e. The molecule has 2 heteroatoms. The van der Waals surface area contributed by atoms with Crippen molar-refractivity contribution in [3.63, 3.8) is 0 Å². The Balaban J connectivity index is 2.11. The standard InChI is InChI=1S/C9H18O2/c1-11-7-3-6-9(8-10)4-2-5-9/h10H,2-8H2,1H3. The summed E-state index contributed by atoms with van der Waals surface area (Å²) in [5.41, 5.74) is 0.290. The van der Waals surface area contributed by atoms with Gasteiger partial charge in [-0.15, -0.1) is 0 Å². The van der Waals surface area contributed by atoms with Crippen LogP contribution in [0.1, 0.15) is 32.1 Å². The second-order valence-electron chi connectivity index (χ2n) is 3.61. The molecule has 0 unspecified atom stereocenters. The van der Waals surface area contributed by atoms with Gasteiger partial charge in [0.25, 0.3) is 0 Å². The summed E-state index contributed by atoms with van der Waals surface area (Å²) in [5, 5.41) is 9.10. The topological polar surface area (TPSA) is 29.5 Å². The van der Waals surface area contributed by atoms with E-state index in [0.717, 1.165) is 19.4 Å². The number of aliphatic hydroxyl groups is 1. The van der Waals surface area contributed by atoms with Gasteiger partial charge in [0.1, 0.15) is 0 Å². The van der Waals surface area contributed by atoms with Gasteiger partial charge in [0.05, 0.1) is 0 Å². The predicted molar refractivity (Wildman–Crippen MR) is 44.5 cm³/mol. The highest BCUT2D eigenvalue weighted by atomic mass is 16.5. The molecule has 1 saturated carbocycles. The number of hydrogen-bond acceptors (Lipinski definition) is 2. The Hall–Kier alpha value is -0.0800. The Morgan fingerprint density at radius 3 is 2.55 bits per heavy atom. The van der Waals surface area contributed by atoms with Gasteiger partial charge in [0.2, 0.25) is 0 Å². The maximum atomic E-state index is 9.10. The first-order valence-electron chi connectivity index (χ1n) is 4.43. The molecule has 1 fully saturated rings. The monoisotopic (exact) mass is 158 g/mol. The van der Waals surface area contributed by atoms with Gasteiger partial charge in [-0.05, 0) is 31.1 Å². The van der Waals surface area contributed by atoms with Gasteiger partial charge in [0.15, 0.2) is 0 Å². The van der Waals surface area contributed by atoms with Gasteiger partial charge in [0, 0.05) is 20.3 Å². The van der Waals surface area contributed by atoms with Crippen molar-refractivity contribution in [3.8, 4) is 0 Å². The number of rotatable bonds is 5.